The lowest BCUT2D eigenvalue weighted by molar-refractivity contribution is -0.113. The molecule has 0 aliphatic heterocycles. The summed E-state index contributed by atoms with van der Waals surface area (Å²) in [7, 11) is 0. The molecule has 4 aromatic rings. The normalized spacial score (nSPS) is 10.8. The molecule has 0 saturated carbocycles. The number of nitrogens with one attached hydrogen (secondary N) is 1. The van der Waals surface area contributed by atoms with E-state index in [1.54, 1.807) is 40.2 Å². The third kappa shape index (κ3) is 4.95. The van der Waals surface area contributed by atoms with Crippen LogP contribution in [-0.4, -0.2) is 31.4 Å². The number of halogens is 1. The molecule has 162 valence electrons. The smallest absolute Gasteiger partial charge is 0.234 e. The Labute approximate surface area is 193 Å². The van der Waals surface area contributed by atoms with E-state index in [9.17, 15) is 9.18 Å². The number of aromatic nitrogens is 4. The van der Waals surface area contributed by atoms with Gasteiger partial charge in [0.25, 0.3) is 0 Å². The predicted octanol–water partition coefficient (Wildman–Crippen LogP) is 5.43. The summed E-state index contributed by atoms with van der Waals surface area (Å²) < 4.78 is 16.0. The average Bonchev–Trinajstić information content (AvgIpc) is 3.39. The first kappa shape index (κ1) is 21.9. The molecule has 0 unspecified atom stereocenters. The third-order valence-electron chi connectivity index (χ3n) is 4.54. The van der Waals surface area contributed by atoms with E-state index in [-0.39, 0.29) is 17.5 Å². The van der Waals surface area contributed by atoms with E-state index in [0.29, 0.717) is 28.8 Å². The van der Waals surface area contributed by atoms with Gasteiger partial charge >= 0.3 is 0 Å². The molecular formula is C23H20FN5OS2. The summed E-state index contributed by atoms with van der Waals surface area (Å²) in [5, 5.41) is 14.7. The summed E-state index contributed by atoms with van der Waals surface area (Å²) in [6, 6.07) is 14.0. The number of aryl methyl sites for hydroxylation is 1. The molecule has 0 aliphatic rings. The molecule has 9 heteroatoms. The van der Waals surface area contributed by atoms with Gasteiger partial charge in [0.2, 0.25) is 5.91 Å². The average molecular weight is 466 g/mol. The van der Waals surface area contributed by atoms with Crippen LogP contribution in [0.4, 0.5) is 10.1 Å². The van der Waals surface area contributed by atoms with Crippen molar-refractivity contribution < 1.29 is 9.18 Å². The van der Waals surface area contributed by atoms with E-state index in [1.807, 2.05) is 36.6 Å². The van der Waals surface area contributed by atoms with Gasteiger partial charge in [-0.2, -0.15) is 0 Å². The van der Waals surface area contributed by atoms with Crippen molar-refractivity contribution in [3.63, 3.8) is 0 Å². The van der Waals surface area contributed by atoms with Crippen LogP contribution in [0.2, 0.25) is 0 Å². The number of rotatable bonds is 8. The van der Waals surface area contributed by atoms with Gasteiger partial charge in [-0.25, -0.2) is 9.37 Å². The topological polar surface area (TPSA) is 72.7 Å². The monoisotopic (exact) mass is 465 g/mol. The summed E-state index contributed by atoms with van der Waals surface area (Å²) in [5.41, 5.74) is 2.88. The van der Waals surface area contributed by atoms with Crippen molar-refractivity contribution in [1.82, 2.24) is 19.7 Å². The van der Waals surface area contributed by atoms with Crippen LogP contribution in [0.25, 0.3) is 22.6 Å². The number of hydrogen-bond donors (Lipinski definition) is 1. The molecule has 4 rings (SSSR count). The highest BCUT2D eigenvalue weighted by Gasteiger charge is 2.17. The van der Waals surface area contributed by atoms with Crippen molar-refractivity contribution in [2.75, 3.05) is 11.1 Å². The Kier molecular flexibility index (Phi) is 6.77. The van der Waals surface area contributed by atoms with Crippen LogP contribution < -0.4 is 5.32 Å². The van der Waals surface area contributed by atoms with Crippen LogP contribution in [0.15, 0.2) is 71.7 Å². The van der Waals surface area contributed by atoms with Gasteiger partial charge in [0, 0.05) is 23.2 Å². The summed E-state index contributed by atoms with van der Waals surface area (Å²) in [4.78, 5) is 17.0. The molecule has 6 nitrogen and oxygen atoms in total. The fraction of sp³-hybridized carbons (Fsp3) is 0.130. The number of benzene rings is 2. The minimum atomic E-state index is -0.380. The second kappa shape index (κ2) is 9.88. The number of anilines is 1. The molecule has 2 heterocycles. The van der Waals surface area contributed by atoms with Crippen molar-refractivity contribution >= 4 is 34.7 Å². The Morgan fingerprint density at radius 2 is 2.09 bits per heavy atom. The molecule has 1 N–H and O–H groups in total. The Morgan fingerprint density at radius 1 is 1.25 bits per heavy atom. The van der Waals surface area contributed by atoms with E-state index in [0.717, 1.165) is 16.3 Å². The van der Waals surface area contributed by atoms with Gasteiger partial charge in [-0.3, -0.25) is 9.36 Å². The van der Waals surface area contributed by atoms with Crippen LogP contribution >= 0.6 is 23.1 Å². The number of carbonyl (C=O) groups excluding carboxylic acids is 1. The van der Waals surface area contributed by atoms with Gasteiger partial charge in [0.1, 0.15) is 5.82 Å². The fourth-order valence-electron chi connectivity index (χ4n) is 3.11. The SMILES string of the molecule is C=CCn1c(SCC(=O)Nc2cccc(-c3csc(C)n3)c2)nnc1-c1ccccc1F. The second-order valence-electron chi connectivity index (χ2n) is 6.85. The van der Waals surface area contributed by atoms with Gasteiger partial charge in [0.05, 0.1) is 22.0 Å². The van der Waals surface area contributed by atoms with Crippen molar-refractivity contribution in [3.05, 3.63) is 77.4 Å². The zero-order valence-corrected chi connectivity index (χ0v) is 18.9. The number of allylic oxidation sites excluding steroid dienone is 1. The molecule has 2 aromatic heterocycles. The number of thioether (sulfide) groups is 1. The molecule has 1 amide bonds. The van der Waals surface area contributed by atoms with Crippen molar-refractivity contribution in [3.8, 4) is 22.6 Å². The largest absolute Gasteiger partial charge is 0.325 e. The maximum atomic E-state index is 14.2. The Morgan fingerprint density at radius 3 is 2.84 bits per heavy atom. The quantitative estimate of drug-likeness (QED) is 0.277. The van der Waals surface area contributed by atoms with Gasteiger partial charge in [-0.05, 0) is 31.2 Å². The number of amides is 1. The maximum Gasteiger partial charge on any atom is 0.234 e. The summed E-state index contributed by atoms with van der Waals surface area (Å²) in [6.45, 7) is 6.11. The molecule has 0 bridgehead atoms. The second-order valence-corrected chi connectivity index (χ2v) is 8.86. The fourth-order valence-corrected chi connectivity index (χ4v) is 4.48. The molecule has 0 fully saturated rings. The standard InChI is InChI=1S/C23H20FN5OS2/c1-3-11-29-22(18-9-4-5-10-19(18)24)27-28-23(29)32-14-21(30)26-17-8-6-7-16(12-17)20-13-31-15(2)25-20/h3-10,12-13H,1,11,14H2,2H3,(H,26,30). The van der Waals surface area contributed by atoms with E-state index >= 15 is 0 Å². The van der Waals surface area contributed by atoms with Gasteiger partial charge in [-0.1, -0.05) is 42.1 Å². The van der Waals surface area contributed by atoms with E-state index < -0.39 is 0 Å². The Bertz CT molecular complexity index is 1270. The van der Waals surface area contributed by atoms with Gasteiger partial charge in [0.15, 0.2) is 11.0 Å². The number of carbonyl (C=O) groups is 1. The predicted molar refractivity (Wildman–Crippen MR) is 127 cm³/mol. The Balaban J connectivity index is 1.45. The minimum absolute atomic E-state index is 0.132. The third-order valence-corrected chi connectivity index (χ3v) is 6.28. The molecule has 0 atom stereocenters. The minimum Gasteiger partial charge on any atom is -0.325 e. The van der Waals surface area contributed by atoms with Crippen molar-refractivity contribution in [1.29, 1.82) is 0 Å². The maximum absolute atomic E-state index is 14.2. The molecule has 32 heavy (non-hydrogen) atoms. The molecule has 0 aliphatic carbocycles. The zero-order chi connectivity index (χ0) is 22.5. The lowest BCUT2D eigenvalue weighted by Gasteiger charge is -2.09. The summed E-state index contributed by atoms with van der Waals surface area (Å²) >= 11 is 2.82. The van der Waals surface area contributed by atoms with E-state index in [4.69, 9.17) is 0 Å². The van der Waals surface area contributed by atoms with Gasteiger partial charge in [-0.15, -0.1) is 28.1 Å². The van der Waals surface area contributed by atoms with Crippen LogP contribution in [-0.2, 0) is 11.3 Å². The first-order valence-corrected chi connectivity index (χ1v) is 11.7. The first-order valence-electron chi connectivity index (χ1n) is 9.79. The molecule has 0 radical (unpaired) electrons. The van der Waals surface area contributed by atoms with Crippen molar-refractivity contribution in [2.45, 2.75) is 18.6 Å². The molecular weight excluding hydrogens is 445 g/mol. The van der Waals surface area contributed by atoms with E-state index in [1.165, 1.54) is 17.8 Å². The molecule has 0 spiro atoms. The van der Waals surface area contributed by atoms with Crippen LogP contribution in [0.5, 0.6) is 0 Å². The number of hydrogen-bond acceptors (Lipinski definition) is 6. The number of nitrogens with zero attached hydrogens (tertiary/aromatic N) is 4. The lowest BCUT2D eigenvalue weighted by atomic mass is 10.1. The Hall–Kier alpha value is -3.30. The summed E-state index contributed by atoms with van der Waals surface area (Å²) in [5.74, 6) is -0.0267. The van der Waals surface area contributed by atoms with Gasteiger partial charge < -0.3 is 5.32 Å². The number of thiazole rings is 1. The highest BCUT2D eigenvalue weighted by atomic mass is 32.2. The zero-order valence-electron chi connectivity index (χ0n) is 17.3. The summed E-state index contributed by atoms with van der Waals surface area (Å²) in [6.07, 6.45) is 1.68. The lowest BCUT2D eigenvalue weighted by Crippen LogP contribution is -2.14. The van der Waals surface area contributed by atoms with E-state index in [2.05, 4.69) is 27.1 Å². The first-order chi connectivity index (χ1) is 15.5. The van der Waals surface area contributed by atoms with Crippen molar-refractivity contribution in [2.24, 2.45) is 0 Å². The molecule has 0 saturated heterocycles. The highest BCUT2D eigenvalue weighted by Crippen LogP contribution is 2.27. The van der Waals surface area contributed by atoms with Crippen LogP contribution in [0.3, 0.4) is 0 Å². The highest BCUT2D eigenvalue weighted by molar-refractivity contribution is 7.99. The van der Waals surface area contributed by atoms with Crippen LogP contribution in [0, 0.1) is 12.7 Å². The molecule has 2 aromatic carbocycles. The van der Waals surface area contributed by atoms with Crippen LogP contribution in [0.1, 0.15) is 5.01 Å².